The van der Waals surface area contributed by atoms with Gasteiger partial charge >= 0.3 is 12.1 Å². The molecule has 1 aliphatic carbocycles. The van der Waals surface area contributed by atoms with E-state index < -0.39 is 18.1 Å². The number of rotatable bonds is 5. The maximum absolute atomic E-state index is 12.8. The molecular formula is C26H28F3NO4. The van der Waals surface area contributed by atoms with Crippen molar-refractivity contribution >= 4 is 11.9 Å². The number of benzene rings is 2. The van der Waals surface area contributed by atoms with Gasteiger partial charge in [0.1, 0.15) is 5.75 Å². The molecule has 8 heteroatoms. The van der Waals surface area contributed by atoms with Crippen LogP contribution in [-0.4, -0.2) is 47.3 Å². The molecule has 0 radical (unpaired) electrons. The van der Waals surface area contributed by atoms with Crippen LogP contribution >= 0.6 is 0 Å². The van der Waals surface area contributed by atoms with Crippen molar-refractivity contribution in [2.45, 2.75) is 50.8 Å². The van der Waals surface area contributed by atoms with Crippen LogP contribution in [0.1, 0.15) is 48.9 Å². The molecule has 2 fully saturated rings. The largest absolute Gasteiger partial charge is 0.490 e. The molecule has 1 saturated heterocycles. The lowest BCUT2D eigenvalue weighted by Gasteiger charge is -2.30. The molecule has 4 rings (SSSR count). The van der Waals surface area contributed by atoms with Crippen molar-refractivity contribution in [2.24, 2.45) is 11.8 Å². The fourth-order valence-electron chi connectivity index (χ4n) is 4.74. The second-order valence-corrected chi connectivity index (χ2v) is 9.14. The molecular weight excluding hydrogens is 447 g/mol. The van der Waals surface area contributed by atoms with E-state index >= 15 is 0 Å². The van der Waals surface area contributed by atoms with Gasteiger partial charge in [0.25, 0.3) is 5.91 Å². The van der Waals surface area contributed by atoms with Gasteiger partial charge in [-0.1, -0.05) is 24.3 Å². The summed E-state index contributed by atoms with van der Waals surface area (Å²) in [6, 6.07) is 14.7. The highest BCUT2D eigenvalue weighted by atomic mass is 19.4. The third-order valence-corrected chi connectivity index (χ3v) is 6.89. The molecule has 1 heterocycles. The van der Waals surface area contributed by atoms with Crippen molar-refractivity contribution in [3.63, 3.8) is 0 Å². The lowest BCUT2D eigenvalue weighted by Crippen LogP contribution is -2.40. The van der Waals surface area contributed by atoms with Gasteiger partial charge in [0.2, 0.25) is 0 Å². The van der Waals surface area contributed by atoms with E-state index in [4.69, 9.17) is 9.84 Å². The molecule has 0 aromatic heterocycles. The van der Waals surface area contributed by atoms with E-state index in [2.05, 4.69) is 0 Å². The number of carbonyl (C=O) groups excluding carboxylic acids is 1. The normalized spacial score (nSPS) is 21.8. The third kappa shape index (κ3) is 5.72. The minimum absolute atomic E-state index is 0.0978. The molecule has 1 saturated carbocycles. The van der Waals surface area contributed by atoms with Gasteiger partial charge in [-0.3, -0.25) is 9.59 Å². The lowest BCUT2D eigenvalue weighted by molar-refractivity contribution is -0.185. The summed E-state index contributed by atoms with van der Waals surface area (Å²) < 4.78 is 44.4. The standard InChI is InChI=1S/C26H28F3NO4/c27-26(28,29)21-7-11-23(12-8-21)34-22-9-5-18(6-10-22)17-1-3-19(4-2-17)24(31)30-15-13-20(14-16-30)25(32)33/h1-6,9-10,20-21,23H,7-8,11-16H2,(H,32,33). The molecule has 1 amide bonds. The van der Waals surface area contributed by atoms with Gasteiger partial charge in [0.15, 0.2) is 0 Å². The number of likely N-dealkylation sites (tertiary alicyclic amines) is 1. The van der Waals surface area contributed by atoms with E-state index in [0.29, 0.717) is 50.1 Å². The summed E-state index contributed by atoms with van der Waals surface area (Å²) in [4.78, 5) is 25.5. The second-order valence-electron chi connectivity index (χ2n) is 9.14. The summed E-state index contributed by atoms with van der Waals surface area (Å²) in [6.45, 7) is 0.883. The summed E-state index contributed by atoms with van der Waals surface area (Å²) in [5.41, 5.74) is 2.43. The van der Waals surface area contributed by atoms with Gasteiger partial charge in [-0.2, -0.15) is 13.2 Å². The van der Waals surface area contributed by atoms with Gasteiger partial charge in [0.05, 0.1) is 17.9 Å². The average Bonchev–Trinajstić information content (AvgIpc) is 2.84. The van der Waals surface area contributed by atoms with Crippen molar-refractivity contribution in [1.82, 2.24) is 4.90 Å². The molecule has 1 aliphatic heterocycles. The molecule has 5 nitrogen and oxygen atoms in total. The lowest BCUT2D eigenvalue weighted by atomic mass is 9.87. The number of nitrogens with zero attached hydrogens (tertiary/aromatic N) is 1. The summed E-state index contributed by atoms with van der Waals surface area (Å²) in [6.07, 6.45) is -2.37. The first-order valence-electron chi connectivity index (χ1n) is 11.7. The number of alkyl halides is 3. The van der Waals surface area contributed by atoms with Crippen LogP contribution in [0.3, 0.4) is 0 Å². The zero-order valence-electron chi connectivity index (χ0n) is 18.8. The molecule has 2 aliphatic rings. The monoisotopic (exact) mass is 475 g/mol. The molecule has 182 valence electrons. The summed E-state index contributed by atoms with van der Waals surface area (Å²) in [5, 5.41) is 9.11. The van der Waals surface area contributed by atoms with Gasteiger partial charge < -0.3 is 14.7 Å². The highest BCUT2D eigenvalue weighted by molar-refractivity contribution is 5.95. The highest BCUT2D eigenvalue weighted by Gasteiger charge is 2.41. The zero-order valence-corrected chi connectivity index (χ0v) is 18.8. The molecule has 2 aromatic rings. The van der Waals surface area contributed by atoms with E-state index in [1.54, 1.807) is 17.0 Å². The van der Waals surface area contributed by atoms with E-state index in [0.717, 1.165) is 11.1 Å². The van der Waals surface area contributed by atoms with Crippen molar-refractivity contribution in [3.05, 3.63) is 54.1 Å². The first-order chi connectivity index (χ1) is 16.2. The van der Waals surface area contributed by atoms with Crippen molar-refractivity contribution < 1.29 is 32.6 Å². The van der Waals surface area contributed by atoms with Crippen LogP contribution in [-0.2, 0) is 4.79 Å². The second kappa shape index (κ2) is 10.1. The number of aliphatic carboxylic acids is 1. The van der Waals surface area contributed by atoms with Gasteiger partial charge in [-0.25, -0.2) is 0 Å². The Labute approximate surface area is 196 Å². The minimum Gasteiger partial charge on any atom is -0.490 e. The fourth-order valence-corrected chi connectivity index (χ4v) is 4.74. The van der Waals surface area contributed by atoms with E-state index in [9.17, 15) is 22.8 Å². The summed E-state index contributed by atoms with van der Waals surface area (Å²) >= 11 is 0. The van der Waals surface area contributed by atoms with E-state index in [-0.39, 0.29) is 30.8 Å². The molecule has 0 unspecified atom stereocenters. The topological polar surface area (TPSA) is 66.8 Å². The number of amides is 1. The first-order valence-corrected chi connectivity index (χ1v) is 11.7. The van der Waals surface area contributed by atoms with Crippen LogP contribution in [0.2, 0.25) is 0 Å². The Kier molecular flexibility index (Phi) is 7.14. The first kappa shape index (κ1) is 24.1. The number of hydrogen-bond donors (Lipinski definition) is 1. The van der Waals surface area contributed by atoms with E-state index in [1.165, 1.54) is 0 Å². The SMILES string of the molecule is O=C(O)C1CCN(C(=O)c2ccc(-c3ccc(OC4CCC(C(F)(F)F)CC4)cc3)cc2)CC1. The number of carboxylic acids is 1. The Bertz CT molecular complexity index is 988. The number of ether oxygens (including phenoxy) is 1. The predicted octanol–water partition coefficient (Wildman–Crippen LogP) is 5.79. The fraction of sp³-hybridized carbons (Fsp3) is 0.462. The van der Waals surface area contributed by atoms with Gasteiger partial charge in [-0.05, 0) is 73.9 Å². The number of halogens is 3. The molecule has 1 N–H and O–H groups in total. The Morgan fingerprint density at radius 1 is 0.824 bits per heavy atom. The van der Waals surface area contributed by atoms with Crippen LogP contribution in [0.4, 0.5) is 13.2 Å². The summed E-state index contributed by atoms with van der Waals surface area (Å²) in [7, 11) is 0. The molecule has 0 atom stereocenters. The maximum Gasteiger partial charge on any atom is 0.391 e. The van der Waals surface area contributed by atoms with Crippen LogP contribution in [0.25, 0.3) is 11.1 Å². The van der Waals surface area contributed by atoms with Gasteiger partial charge in [0, 0.05) is 18.7 Å². The van der Waals surface area contributed by atoms with E-state index in [1.807, 2.05) is 36.4 Å². The van der Waals surface area contributed by atoms with Crippen LogP contribution in [0.5, 0.6) is 5.75 Å². The minimum atomic E-state index is -4.12. The zero-order chi connectivity index (χ0) is 24.3. The van der Waals surface area contributed by atoms with Crippen LogP contribution in [0, 0.1) is 11.8 Å². The molecule has 0 spiro atoms. The third-order valence-electron chi connectivity index (χ3n) is 6.89. The maximum atomic E-state index is 12.8. The average molecular weight is 476 g/mol. The predicted molar refractivity (Wildman–Crippen MR) is 121 cm³/mol. The number of carboxylic acid groups (broad SMARTS) is 1. The molecule has 0 bridgehead atoms. The van der Waals surface area contributed by atoms with Crippen LogP contribution < -0.4 is 4.74 Å². The Morgan fingerprint density at radius 2 is 1.35 bits per heavy atom. The molecule has 34 heavy (non-hydrogen) atoms. The quantitative estimate of drug-likeness (QED) is 0.595. The Balaban J connectivity index is 1.31. The number of piperidine rings is 1. The highest BCUT2D eigenvalue weighted by Crippen LogP contribution is 2.38. The summed E-state index contributed by atoms with van der Waals surface area (Å²) in [5.74, 6) is -1.87. The van der Waals surface area contributed by atoms with Crippen molar-refractivity contribution in [2.75, 3.05) is 13.1 Å². The Hall–Kier alpha value is -3.03. The number of hydrogen-bond acceptors (Lipinski definition) is 3. The smallest absolute Gasteiger partial charge is 0.391 e. The number of carbonyl (C=O) groups is 2. The van der Waals surface area contributed by atoms with Crippen LogP contribution in [0.15, 0.2) is 48.5 Å². The van der Waals surface area contributed by atoms with Crippen molar-refractivity contribution in [3.8, 4) is 16.9 Å². The molecule has 2 aromatic carbocycles. The Morgan fingerprint density at radius 3 is 1.85 bits per heavy atom. The van der Waals surface area contributed by atoms with Gasteiger partial charge in [-0.15, -0.1) is 0 Å². The van der Waals surface area contributed by atoms with Crippen molar-refractivity contribution in [1.29, 1.82) is 0 Å².